The molecule has 0 spiro atoms. The van der Waals surface area contributed by atoms with Gasteiger partial charge in [-0.3, -0.25) is 0 Å². The lowest BCUT2D eigenvalue weighted by atomic mass is 9.89. The number of hydrogen-bond donors (Lipinski definition) is 0. The first-order chi connectivity index (χ1) is 17.2. The van der Waals surface area contributed by atoms with E-state index in [0.29, 0.717) is 0 Å². The average molecular weight is 495 g/mol. The molecule has 2 rings (SSSR count). The smallest absolute Gasteiger partial charge is 0.00699 e. The van der Waals surface area contributed by atoms with Gasteiger partial charge in [0.25, 0.3) is 0 Å². The van der Waals surface area contributed by atoms with Crippen LogP contribution in [0.4, 0.5) is 0 Å². The molecule has 0 aliphatic rings. The minimum atomic E-state index is 0.893. The first kappa shape index (κ1) is 36.3. The Morgan fingerprint density at radius 2 is 1.33 bits per heavy atom. The van der Waals surface area contributed by atoms with E-state index in [1.165, 1.54) is 96.7 Å². The number of unbranched alkanes of at least 4 members (excludes halogenated alkanes) is 3. The van der Waals surface area contributed by atoms with Crippen LogP contribution in [0.1, 0.15) is 133 Å². The summed E-state index contributed by atoms with van der Waals surface area (Å²) < 4.78 is 0. The molecule has 0 heteroatoms. The minimum absolute atomic E-state index is 0.893. The van der Waals surface area contributed by atoms with Gasteiger partial charge in [-0.15, -0.1) is 0 Å². The number of rotatable bonds is 11. The normalized spacial score (nSPS) is 10.6. The van der Waals surface area contributed by atoms with E-state index in [-0.39, 0.29) is 0 Å². The topological polar surface area (TPSA) is 0 Å². The summed E-state index contributed by atoms with van der Waals surface area (Å²) in [6.07, 6.45) is 13.3. The second-order valence-electron chi connectivity index (χ2n) is 10.4. The predicted octanol–water partition coefficient (Wildman–Crippen LogP) is 12.1. The highest BCUT2D eigenvalue weighted by molar-refractivity contribution is 5.33. The summed E-state index contributed by atoms with van der Waals surface area (Å²) >= 11 is 0. The van der Waals surface area contributed by atoms with E-state index in [0.717, 1.165) is 12.3 Å². The summed E-state index contributed by atoms with van der Waals surface area (Å²) in [4.78, 5) is 0. The van der Waals surface area contributed by atoms with E-state index < -0.39 is 0 Å². The van der Waals surface area contributed by atoms with Crippen molar-refractivity contribution in [3.63, 3.8) is 0 Å². The SMILES string of the molecule is C=C(C)Cc1cc(C)ccc1C.CC.CCC.CCCCCCC(CCC)Cc1ccc(C)c(C)c1. The molecule has 36 heavy (non-hydrogen) atoms. The van der Waals surface area contributed by atoms with Crippen LogP contribution >= 0.6 is 0 Å². The zero-order valence-electron chi connectivity index (χ0n) is 26.3. The van der Waals surface area contributed by atoms with E-state index in [2.05, 4.69) is 105 Å². The second kappa shape index (κ2) is 23.6. The van der Waals surface area contributed by atoms with Crippen molar-refractivity contribution in [1.82, 2.24) is 0 Å². The third kappa shape index (κ3) is 18.4. The first-order valence-electron chi connectivity index (χ1n) is 14.9. The molecule has 0 aromatic heterocycles. The summed E-state index contributed by atoms with van der Waals surface area (Å²) in [5.74, 6) is 0.893. The van der Waals surface area contributed by atoms with Crippen LogP contribution in [0.5, 0.6) is 0 Å². The van der Waals surface area contributed by atoms with Crippen molar-refractivity contribution in [3.8, 4) is 0 Å². The molecule has 0 nitrogen and oxygen atoms in total. The van der Waals surface area contributed by atoms with Gasteiger partial charge >= 0.3 is 0 Å². The number of hydrogen-bond acceptors (Lipinski definition) is 0. The maximum absolute atomic E-state index is 3.92. The third-order valence-electron chi connectivity index (χ3n) is 6.26. The molecule has 0 N–H and O–H groups in total. The van der Waals surface area contributed by atoms with Crippen LogP contribution in [0.25, 0.3) is 0 Å². The molecule has 1 unspecified atom stereocenters. The molecule has 2 aromatic carbocycles. The Kier molecular flexibility index (Phi) is 23.8. The monoisotopic (exact) mass is 494 g/mol. The molecule has 0 saturated carbocycles. The zero-order chi connectivity index (χ0) is 27.9. The van der Waals surface area contributed by atoms with Gasteiger partial charge in [-0.25, -0.2) is 0 Å². The molecule has 1 atom stereocenters. The van der Waals surface area contributed by atoms with Crippen molar-refractivity contribution in [2.75, 3.05) is 0 Å². The summed E-state index contributed by atoms with van der Waals surface area (Å²) in [6, 6.07) is 13.6. The van der Waals surface area contributed by atoms with Crippen LogP contribution in [0.3, 0.4) is 0 Å². The van der Waals surface area contributed by atoms with Gasteiger partial charge in [-0.05, 0) is 81.2 Å². The van der Waals surface area contributed by atoms with Gasteiger partial charge in [0, 0.05) is 0 Å². The standard InChI is InChI=1S/C19H32.C12H16.C3H8.C2H6/c1-5-7-8-9-11-18(10-6-2)15-19-13-12-16(3)17(4)14-19;1-9(2)7-12-8-10(3)5-6-11(12)4;1-3-2;1-2/h12-14,18H,5-11,15H2,1-4H3;5-6,8H,1,7H2,2-4H3;3H2,1-2H3;1-2H3. The van der Waals surface area contributed by atoms with Gasteiger partial charge in [0.15, 0.2) is 0 Å². The molecule has 206 valence electrons. The number of allylic oxidation sites excluding steroid dienone is 1. The summed E-state index contributed by atoms with van der Waals surface area (Å²) in [5, 5.41) is 0. The van der Waals surface area contributed by atoms with Crippen LogP contribution in [0, 0.1) is 33.6 Å². The van der Waals surface area contributed by atoms with E-state index in [4.69, 9.17) is 0 Å². The van der Waals surface area contributed by atoms with Crippen LogP contribution in [-0.4, -0.2) is 0 Å². The lowest BCUT2D eigenvalue weighted by molar-refractivity contribution is 0.419. The average Bonchev–Trinajstić information content (AvgIpc) is 2.83. The van der Waals surface area contributed by atoms with E-state index >= 15 is 0 Å². The molecular weight excluding hydrogens is 432 g/mol. The summed E-state index contributed by atoms with van der Waals surface area (Å²) in [5.41, 5.74) is 9.72. The van der Waals surface area contributed by atoms with Crippen LogP contribution in [0.15, 0.2) is 48.6 Å². The highest BCUT2D eigenvalue weighted by Gasteiger charge is 2.09. The fourth-order valence-electron chi connectivity index (χ4n) is 4.20. The Bertz CT molecular complexity index is 796. The molecular formula is C36H62. The molecule has 0 aliphatic heterocycles. The van der Waals surface area contributed by atoms with Crippen LogP contribution in [-0.2, 0) is 12.8 Å². The molecule has 0 fully saturated rings. The van der Waals surface area contributed by atoms with Crippen molar-refractivity contribution in [2.45, 2.75) is 140 Å². The Morgan fingerprint density at radius 1 is 0.722 bits per heavy atom. The zero-order valence-corrected chi connectivity index (χ0v) is 26.3. The lowest BCUT2D eigenvalue weighted by Crippen LogP contribution is -2.05. The van der Waals surface area contributed by atoms with Gasteiger partial charge in [0.05, 0.1) is 0 Å². The second-order valence-corrected chi connectivity index (χ2v) is 10.4. The quantitative estimate of drug-likeness (QED) is 0.215. The van der Waals surface area contributed by atoms with Gasteiger partial charge in [-0.1, -0.05) is 147 Å². The van der Waals surface area contributed by atoms with Crippen LogP contribution < -0.4 is 0 Å². The molecule has 0 saturated heterocycles. The fraction of sp³-hybridized carbons (Fsp3) is 0.611. The van der Waals surface area contributed by atoms with Crippen molar-refractivity contribution < 1.29 is 0 Å². The predicted molar refractivity (Wildman–Crippen MR) is 169 cm³/mol. The van der Waals surface area contributed by atoms with Gasteiger partial charge in [0.1, 0.15) is 0 Å². The summed E-state index contributed by atoms with van der Waals surface area (Å²) in [7, 11) is 0. The first-order valence-corrected chi connectivity index (χ1v) is 14.9. The molecule has 0 aliphatic carbocycles. The maximum Gasteiger partial charge on any atom is -0.00699 e. The Balaban J connectivity index is 0. The molecule has 2 aromatic rings. The van der Waals surface area contributed by atoms with Crippen molar-refractivity contribution in [2.24, 2.45) is 5.92 Å². The van der Waals surface area contributed by atoms with Crippen molar-refractivity contribution in [1.29, 1.82) is 0 Å². The van der Waals surface area contributed by atoms with Gasteiger partial charge in [-0.2, -0.15) is 0 Å². The Labute approximate surface area is 228 Å². The van der Waals surface area contributed by atoms with E-state index in [1.54, 1.807) is 0 Å². The highest BCUT2D eigenvalue weighted by atomic mass is 14.1. The molecule has 0 radical (unpaired) electrons. The van der Waals surface area contributed by atoms with Crippen LogP contribution in [0.2, 0.25) is 0 Å². The maximum atomic E-state index is 3.92. The lowest BCUT2D eigenvalue weighted by Gasteiger charge is -2.17. The Morgan fingerprint density at radius 3 is 1.86 bits per heavy atom. The van der Waals surface area contributed by atoms with Crippen molar-refractivity contribution in [3.05, 3.63) is 81.9 Å². The summed E-state index contributed by atoms with van der Waals surface area (Å²) in [6.45, 7) is 27.6. The Hall–Kier alpha value is -1.82. The van der Waals surface area contributed by atoms with E-state index in [9.17, 15) is 0 Å². The molecule has 0 amide bonds. The molecule has 0 heterocycles. The number of aryl methyl sites for hydroxylation is 4. The molecule has 0 bridgehead atoms. The van der Waals surface area contributed by atoms with Gasteiger partial charge in [0.2, 0.25) is 0 Å². The third-order valence-corrected chi connectivity index (χ3v) is 6.26. The minimum Gasteiger partial charge on any atom is -0.0998 e. The highest BCUT2D eigenvalue weighted by Crippen LogP contribution is 2.22. The largest absolute Gasteiger partial charge is 0.0998 e. The van der Waals surface area contributed by atoms with E-state index in [1.807, 2.05) is 13.8 Å². The number of benzene rings is 2. The van der Waals surface area contributed by atoms with Crippen molar-refractivity contribution >= 4 is 0 Å². The fourth-order valence-corrected chi connectivity index (χ4v) is 4.20. The van der Waals surface area contributed by atoms with Gasteiger partial charge < -0.3 is 0 Å².